The van der Waals surface area contributed by atoms with Crippen molar-refractivity contribution in [1.29, 1.82) is 0 Å². The van der Waals surface area contributed by atoms with E-state index in [1.807, 2.05) is 13.8 Å². The normalized spacial score (nSPS) is 15.5. The zero-order valence-corrected chi connectivity index (χ0v) is 12.3. The topological polar surface area (TPSA) is 86.7 Å². The number of amides is 2. The summed E-state index contributed by atoms with van der Waals surface area (Å²) in [7, 11) is 0. The lowest BCUT2D eigenvalue weighted by atomic mass is 10.2. The molecule has 2 amide bonds. The molecular formula is C14H24N2O4. The minimum Gasteiger partial charge on any atom is -0.480 e. The molecule has 1 aliphatic carbocycles. The fourth-order valence-corrected chi connectivity index (χ4v) is 2.13. The van der Waals surface area contributed by atoms with Crippen LogP contribution in [0.4, 0.5) is 0 Å². The van der Waals surface area contributed by atoms with E-state index in [9.17, 15) is 14.4 Å². The van der Waals surface area contributed by atoms with Crippen LogP contribution >= 0.6 is 0 Å². The summed E-state index contributed by atoms with van der Waals surface area (Å²) >= 11 is 0. The van der Waals surface area contributed by atoms with Gasteiger partial charge in [0.2, 0.25) is 11.8 Å². The van der Waals surface area contributed by atoms with Crippen LogP contribution in [0.1, 0.15) is 52.4 Å². The average Bonchev–Trinajstić information content (AvgIpc) is 3.16. The van der Waals surface area contributed by atoms with Gasteiger partial charge in [0.15, 0.2) is 0 Å². The molecule has 0 spiro atoms. The van der Waals surface area contributed by atoms with E-state index in [0.29, 0.717) is 25.9 Å². The van der Waals surface area contributed by atoms with Crippen LogP contribution in [-0.4, -0.2) is 46.4 Å². The Kier molecular flexibility index (Phi) is 5.98. The summed E-state index contributed by atoms with van der Waals surface area (Å²) in [5, 5.41) is 11.5. The van der Waals surface area contributed by atoms with Gasteiger partial charge >= 0.3 is 5.97 Å². The van der Waals surface area contributed by atoms with Crippen molar-refractivity contribution in [2.24, 2.45) is 0 Å². The van der Waals surface area contributed by atoms with E-state index in [0.717, 1.165) is 12.8 Å². The van der Waals surface area contributed by atoms with E-state index in [2.05, 4.69) is 5.32 Å². The van der Waals surface area contributed by atoms with Gasteiger partial charge in [0.05, 0.1) is 0 Å². The van der Waals surface area contributed by atoms with E-state index in [1.165, 1.54) is 0 Å². The molecule has 1 saturated carbocycles. The maximum Gasteiger partial charge on any atom is 0.329 e. The predicted molar refractivity (Wildman–Crippen MR) is 74.1 cm³/mol. The van der Waals surface area contributed by atoms with Crippen molar-refractivity contribution >= 4 is 17.8 Å². The van der Waals surface area contributed by atoms with Crippen molar-refractivity contribution in [2.75, 3.05) is 13.1 Å². The Morgan fingerprint density at radius 2 is 1.65 bits per heavy atom. The van der Waals surface area contributed by atoms with E-state index >= 15 is 0 Å². The summed E-state index contributed by atoms with van der Waals surface area (Å²) in [5.74, 6) is -1.38. The van der Waals surface area contributed by atoms with E-state index in [-0.39, 0.29) is 24.7 Å². The first-order valence-electron chi connectivity index (χ1n) is 7.27. The summed E-state index contributed by atoms with van der Waals surface area (Å²) in [6.45, 7) is 5.42. The Labute approximate surface area is 119 Å². The van der Waals surface area contributed by atoms with Gasteiger partial charge in [-0.3, -0.25) is 9.59 Å². The molecule has 0 unspecified atom stereocenters. The smallest absolute Gasteiger partial charge is 0.329 e. The van der Waals surface area contributed by atoms with Crippen molar-refractivity contribution in [1.82, 2.24) is 10.2 Å². The van der Waals surface area contributed by atoms with E-state index in [4.69, 9.17) is 5.11 Å². The number of carboxylic acids is 1. The van der Waals surface area contributed by atoms with Gasteiger partial charge in [0.1, 0.15) is 5.54 Å². The van der Waals surface area contributed by atoms with Crippen molar-refractivity contribution in [3.8, 4) is 0 Å². The fourth-order valence-electron chi connectivity index (χ4n) is 2.13. The number of aliphatic carboxylic acids is 1. The molecule has 0 bridgehead atoms. The van der Waals surface area contributed by atoms with Gasteiger partial charge < -0.3 is 15.3 Å². The fraction of sp³-hybridized carbons (Fsp3) is 0.786. The van der Waals surface area contributed by atoms with E-state index < -0.39 is 11.5 Å². The highest BCUT2D eigenvalue weighted by molar-refractivity contribution is 5.91. The number of rotatable bonds is 9. The Morgan fingerprint density at radius 3 is 2.05 bits per heavy atom. The Balaban J connectivity index is 2.36. The molecule has 0 heterocycles. The first-order chi connectivity index (χ1) is 9.45. The number of carbonyl (C=O) groups excluding carboxylic acids is 2. The van der Waals surface area contributed by atoms with Crippen LogP contribution in [-0.2, 0) is 14.4 Å². The third-order valence-corrected chi connectivity index (χ3v) is 3.44. The van der Waals surface area contributed by atoms with Gasteiger partial charge in [-0.2, -0.15) is 0 Å². The molecule has 1 fully saturated rings. The lowest BCUT2D eigenvalue weighted by Crippen LogP contribution is -2.43. The summed E-state index contributed by atoms with van der Waals surface area (Å²) in [4.78, 5) is 36.4. The van der Waals surface area contributed by atoms with E-state index in [1.54, 1.807) is 4.90 Å². The second kappa shape index (κ2) is 7.26. The first kappa shape index (κ1) is 16.5. The van der Waals surface area contributed by atoms with Gasteiger partial charge in [-0.25, -0.2) is 4.79 Å². The summed E-state index contributed by atoms with van der Waals surface area (Å²) in [5.41, 5.74) is -1.06. The average molecular weight is 284 g/mol. The molecular weight excluding hydrogens is 260 g/mol. The second-order valence-electron chi connectivity index (χ2n) is 5.32. The number of hydrogen-bond acceptors (Lipinski definition) is 3. The molecule has 114 valence electrons. The molecule has 0 aliphatic heterocycles. The van der Waals surface area contributed by atoms with Crippen molar-refractivity contribution in [3.63, 3.8) is 0 Å². The van der Waals surface area contributed by atoms with Crippen LogP contribution in [0.25, 0.3) is 0 Å². The summed E-state index contributed by atoms with van der Waals surface area (Å²) < 4.78 is 0. The quantitative estimate of drug-likeness (QED) is 0.665. The van der Waals surface area contributed by atoms with Crippen LogP contribution in [0, 0.1) is 0 Å². The Morgan fingerprint density at radius 1 is 1.10 bits per heavy atom. The molecule has 6 heteroatoms. The first-order valence-corrected chi connectivity index (χ1v) is 7.27. The maximum atomic E-state index is 12.0. The molecule has 0 aromatic rings. The van der Waals surface area contributed by atoms with Gasteiger partial charge in [-0.15, -0.1) is 0 Å². The zero-order chi connectivity index (χ0) is 15.2. The SMILES string of the molecule is CCCN(CCC)C(=O)CCC(=O)NC1(C(=O)O)CC1. The zero-order valence-electron chi connectivity index (χ0n) is 12.3. The third-order valence-electron chi connectivity index (χ3n) is 3.44. The molecule has 0 aromatic carbocycles. The van der Waals surface area contributed by atoms with Crippen LogP contribution in [0.5, 0.6) is 0 Å². The number of carbonyl (C=O) groups is 3. The highest BCUT2D eigenvalue weighted by Gasteiger charge is 2.51. The van der Waals surface area contributed by atoms with Crippen LogP contribution in [0.2, 0.25) is 0 Å². The highest BCUT2D eigenvalue weighted by atomic mass is 16.4. The summed E-state index contributed by atoms with van der Waals surface area (Å²) in [6, 6.07) is 0. The molecule has 0 radical (unpaired) electrons. The molecule has 0 aromatic heterocycles. The standard InChI is InChI=1S/C14H24N2O4/c1-3-9-16(10-4-2)12(18)6-5-11(17)15-14(7-8-14)13(19)20/h3-10H2,1-2H3,(H,15,17)(H,19,20). The predicted octanol–water partition coefficient (Wildman–Crippen LogP) is 1.15. The molecule has 0 saturated heterocycles. The monoisotopic (exact) mass is 284 g/mol. The number of hydrogen-bond donors (Lipinski definition) is 2. The van der Waals surface area contributed by atoms with Crippen molar-refractivity contribution in [2.45, 2.75) is 57.9 Å². The largest absolute Gasteiger partial charge is 0.480 e. The molecule has 6 nitrogen and oxygen atoms in total. The Bertz CT molecular complexity index is 371. The third kappa shape index (κ3) is 4.51. The minimum atomic E-state index is -1.06. The maximum absolute atomic E-state index is 12.0. The Hall–Kier alpha value is -1.59. The lowest BCUT2D eigenvalue weighted by Gasteiger charge is -2.21. The molecule has 0 atom stereocenters. The van der Waals surface area contributed by atoms with Gasteiger partial charge in [0, 0.05) is 25.9 Å². The highest BCUT2D eigenvalue weighted by Crippen LogP contribution is 2.35. The number of nitrogens with one attached hydrogen (secondary N) is 1. The van der Waals surface area contributed by atoms with Crippen LogP contribution < -0.4 is 5.32 Å². The van der Waals surface area contributed by atoms with Gasteiger partial charge in [0.25, 0.3) is 0 Å². The second-order valence-corrected chi connectivity index (χ2v) is 5.32. The van der Waals surface area contributed by atoms with Gasteiger partial charge in [-0.05, 0) is 25.7 Å². The van der Waals surface area contributed by atoms with Crippen molar-refractivity contribution < 1.29 is 19.5 Å². The van der Waals surface area contributed by atoms with Crippen LogP contribution in [0.15, 0.2) is 0 Å². The molecule has 1 aliphatic rings. The van der Waals surface area contributed by atoms with Crippen molar-refractivity contribution in [3.05, 3.63) is 0 Å². The lowest BCUT2D eigenvalue weighted by molar-refractivity contribution is -0.143. The number of nitrogens with zero attached hydrogens (tertiary/aromatic N) is 1. The molecule has 2 N–H and O–H groups in total. The minimum absolute atomic E-state index is 0.0379. The summed E-state index contributed by atoms with van der Waals surface area (Å²) in [6.07, 6.45) is 2.92. The number of carboxylic acid groups (broad SMARTS) is 1. The molecule has 1 rings (SSSR count). The van der Waals surface area contributed by atoms with Gasteiger partial charge in [-0.1, -0.05) is 13.8 Å². The van der Waals surface area contributed by atoms with Crippen LogP contribution in [0.3, 0.4) is 0 Å². The molecule has 20 heavy (non-hydrogen) atoms.